The monoisotopic (exact) mass is 387 g/mol. The first kappa shape index (κ1) is 18.9. The van der Waals surface area contributed by atoms with Gasteiger partial charge in [0.15, 0.2) is 0 Å². The van der Waals surface area contributed by atoms with Gasteiger partial charge in [-0.2, -0.15) is 0 Å². The van der Waals surface area contributed by atoms with Crippen LogP contribution in [0.15, 0.2) is 58.2 Å². The summed E-state index contributed by atoms with van der Waals surface area (Å²) in [7, 11) is 3.26. The highest BCUT2D eigenvalue weighted by Crippen LogP contribution is 2.30. The molecule has 0 aliphatic heterocycles. The quantitative estimate of drug-likeness (QED) is 0.577. The first-order chi connectivity index (χ1) is 13.1. The van der Waals surface area contributed by atoms with Crippen LogP contribution < -0.4 is 4.74 Å². The third-order valence-electron chi connectivity index (χ3n) is 3.82. The molecule has 3 rings (SSSR count). The Hall–Kier alpha value is -2.87. The molecule has 0 spiro atoms. The summed E-state index contributed by atoms with van der Waals surface area (Å²) >= 11 is 1.17. The zero-order chi connectivity index (χ0) is 19.2. The Morgan fingerprint density at radius 1 is 1.19 bits per heavy atom. The van der Waals surface area contributed by atoms with E-state index in [0.717, 1.165) is 5.56 Å². The maximum absolute atomic E-state index is 12.9. The van der Waals surface area contributed by atoms with Gasteiger partial charge in [-0.3, -0.25) is 4.79 Å². The molecule has 0 aliphatic carbocycles. The minimum absolute atomic E-state index is 0.0960. The third kappa shape index (κ3) is 4.85. The number of rotatable bonds is 7. The smallest absolute Gasteiger partial charge is 0.277 e. The number of carbonyl (C=O) groups excluding carboxylic acids is 1. The van der Waals surface area contributed by atoms with E-state index in [0.29, 0.717) is 29.0 Å². The van der Waals surface area contributed by atoms with Gasteiger partial charge in [0.25, 0.3) is 11.1 Å². The molecule has 2 aromatic carbocycles. The Balaban J connectivity index is 1.57. The van der Waals surface area contributed by atoms with Gasteiger partial charge in [0.05, 0.1) is 18.4 Å². The summed E-state index contributed by atoms with van der Waals surface area (Å²) in [5, 5.41) is 8.29. The summed E-state index contributed by atoms with van der Waals surface area (Å²) in [6.07, 6.45) is 0. The molecule has 0 saturated carbocycles. The number of ether oxygens (including phenoxy) is 1. The van der Waals surface area contributed by atoms with Crippen molar-refractivity contribution in [3.63, 3.8) is 0 Å². The summed E-state index contributed by atoms with van der Waals surface area (Å²) in [4.78, 5) is 13.9. The zero-order valence-electron chi connectivity index (χ0n) is 14.9. The second kappa shape index (κ2) is 8.68. The normalized spacial score (nSPS) is 10.6. The molecule has 6 nitrogen and oxygen atoms in total. The van der Waals surface area contributed by atoms with Crippen LogP contribution in [-0.4, -0.2) is 40.9 Å². The lowest BCUT2D eigenvalue weighted by Gasteiger charge is -2.16. The van der Waals surface area contributed by atoms with Crippen LogP contribution >= 0.6 is 11.8 Å². The van der Waals surface area contributed by atoms with Crippen LogP contribution in [-0.2, 0) is 11.3 Å². The van der Waals surface area contributed by atoms with Crippen molar-refractivity contribution in [3.05, 3.63) is 59.9 Å². The number of para-hydroxylation sites is 1. The predicted molar refractivity (Wildman–Crippen MR) is 99.9 cm³/mol. The molecular formula is C19H18FN3O3S. The molecule has 0 radical (unpaired) electrons. The number of thioether (sulfide) groups is 1. The van der Waals surface area contributed by atoms with Gasteiger partial charge < -0.3 is 14.1 Å². The van der Waals surface area contributed by atoms with E-state index in [4.69, 9.17) is 9.15 Å². The van der Waals surface area contributed by atoms with Crippen LogP contribution in [0.2, 0.25) is 0 Å². The molecule has 1 aromatic heterocycles. The van der Waals surface area contributed by atoms with Crippen molar-refractivity contribution in [1.82, 2.24) is 15.1 Å². The fourth-order valence-corrected chi connectivity index (χ4v) is 3.09. The fourth-order valence-electron chi connectivity index (χ4n) is 2.38. The molecular weight excluding hydrogens is 369 g/mol. The summed E-state index contributed by atoms with van der Waals surface area (Å²) < 4.78 is 23.9. The van der Waals surface area contributed by atoms with E-state index < -0.39 is 0 Å². The van der Waals surface area contributed by atoms with Crippen molar-refractivity contribution in [2.75, 3.05) is 19.9 Å². The van der Waals surface area contributed by atoms with Gasteiger partial charge in [0.2, 0.25) is 5.91 Å². The lowest BCUT2D eigenvalue weighted by molar-refractivity contribution is -0.127. The highest BCUT2D eigenvalue weighted by atomic mass is 32.2. The standard InChI is InChI=1S/C19H18FN3O3S/c1-23(11-13-7-9-14(20)10-8-13)17(24)12-27-19-22-21-18(26-19)15-5-3-4-6-16(15)25-2/h3-10H,11-12H2,1-2H3. The van der Waals surface area contributed by atoms with Crippen molar-refractivity contribution in [2.45, 2.75) is 11.8 Å². The number of hydrogen-bond acceptors (Lipinski definition) is 6. The molecule has 8 heteroatoms. The third-order valence-corrected chi connectivity index (χ3v) is 4.62. The lowest BCUT2D eigenvalue weighted by atomic mass is 10.2. The van der Waals surface area contributed by atoms with Crippen LogP contribution in [0.5, 0.6) is 5.75 Å². The van der Waals surface area contributed by atoms with Crippen molar-refractivity contribution in [2.24, 2.45) is 0 Å². The van der Waals surface area contributed by atoms with E-state index in [2.05, 4.69) is 10.2 Å². The van der Waals surface area contributed by atoms with E-state index in [9.17, 15) is 9.18 Å². The van der Waals surface area contributed by atoms with Crippen LogP contribution in [0.3, 0.4) is 0 Å². The summed E-state index contributed by atoms with van der Waals surface area (Å²) in [5.74, 6) is 0.729. The molecule has 0 saturated heterocycles. The number of amides is 1. The van der Waals surface area contributed by atoms with E-state index in [1.807, 2.05) is 18.2 Å². The van der Waals surface area contributed by atoms with Crippen LogP contribution in [0.4, 0.5) is 4.39 Å². The average Bonchev–Trinajstić information content (AvgIpc) is 3.16. The highest BCUT2D eigenvalue weighted by Gasteiger charge is 2.16. The van der Waals surface area contributed by atoms with E-state index in [1.165, 1.54) is 23.9 Å². The maximum Gasteiger partial charge on any atom is 0.277 e. The van der Waals surface area contributed by atoms with Crippen LogP contribution in [0.25, 0.3) is 11.5 Å². The predicted octanol–water partition coefficient (Wildman–Crippen LogP) is 3.64. The van der Waals surface area contributed by atoms with Gasteiger partial charge in [-0.05, 0) is 29.8 Å². The molecule has 0 aliphatic rings. The number of hydrogen-bond donors (Lipinski definition) is 0. The Morgan fingerprint density at radius 3 is 2.67 bits per heavy atom. The number of nitrogens with zero attached hydrogens (tertiary/aromatic N) is 3. The van der Waals surface area contributed by atoms with Crippen LogP contribution in [0.1, 0.15) is 5.56 Å². The van der Waals surface area contributed by atoms with Gasteiger partial charge in [0, 0.05) is 13.6 Å². The molecule has 0 atom stereocenters. The molecule has 1 amide bonds. The SMILES string of the molecule is COc1ccccc1-c1nnc(SCC(=O)N(C)Cc2ccc(F)cc2)o1. The second-order valence-corrected chi connectivity index (χ2v) is 6.66. The van der Waals surface area contributed by atoms with Gasteiger partial charge in [0.1, 0.15) is 11.6 Å². The van der Waals surface area contributed by atoms with Gasteiger partial charge in [-0.1, -0.05) is 36.0 Å². The van der Waals surface area contributed by atoms with Gasteiger partial charge in [-0.25, -0.2) is 4.39 Å². The number of benzene rings is 2. The lowest BCUT2D eigenvalue weighted by Crippen LogP contribution is -2.27. The van der Waals surface area contributed by atoms with Gasteiger partial charge >= 0.3 is 0 Å². The van der Waals surface area contributed by atoms with Crippen molar-refractivity contribution in [3.8, 4) is 17.2 Å². The van der Waals surface area contributed by atoms with E-state index in [-0.39, 0.29) is 17.5 Å². The van der Waals surface area contributed by atoms with Crippen molar-refractivity contribution in [1.29, 1.82) is 0 Å². The molecule has 0 N–H and O–H groups in total. The van der Waals surface area contributed by atoms with Crippen LogP contribution in [0, 0.1) is 5.82 Å². The first-order valence-electron chi connectivity index (χ1n) is 8.15. The van der Waals surface area contributed by atoms with Crippen molar-refractivity contribution < 1.29 is 18.3 Å². The Kier molecular flexibility index (Phi) is 6.08. The average molecular weight is 387 g/mol. The van der Waals surface area contributed by atoms with E-state index in [1.54, 1.807) is 37.3 Å². The number of halogens is 1. The molecule has 140 valence electrons. The molecule has 27 heavy (non-hydrogen) atoms. The Morgan fingerprint density at radius 2 is 1.93 bits per heavy atom. The molecule has 1 heterocycles. The minimum Gasteiger partial charge on any atom is -0.496 e. The molecule has 3 aromatic rings. The molecule has 0 bridgehead atoms. The Bertz CT molecular complexity index is 915. The molecule has 0 unspecified atom stereocenters. The number of aromatic nitrogens is 2. The number of methoxy groups -OCH3 is 1. The fraction of sp³-hybridized carbons (Fsp3) is 0.211. The minimum atomic E-state index is -0.300. The maximum atomic E-state index is 12.9. The topological polar surface area (TPSA) is 68.5 Å². The summed E-state index contributed by atoms with van der Waals surface area (Å²) in [6, 6.07) is 13.4. The summed E-state index contributed by atoms with van der Waals surface area (Å²) in [6.45, 7) is 0.399. The largest absolute Gasteiger partial charge is 0.496 e. The molecule has 0 fully saturated rings. The van der Waals surface area contributed by atoms with Gasteiger partial charge in [-0.15, -0.1) is 10.2 Å². The van der Waals surface area contributed by atoms with Crippen molar-refractivity contribution >= 4 is 17.7 Å². The Labute approximate surface area is 160 Å². The highest BCUT2D eigenvalue weighted by molar-refractivity contribution is 7.99. The second-order valence-electron chi connectivity index (χ2n) is 5.74. The van der Waals surface area contributed by atoms with E-state index >= 15 is 0 Å². The zero-order valence-corrected chi connectivity index (χ0v) is 15.7. The number of carbonyl (C=O) groups is 1. The first-order valence-corrected chi connectivity index (χ1v) is 9.13. The summed E-state index contributed by atoms with van der Waals surface area (Å²) in [5.41, 5.74) is 1.55.